The number of carbonyl (C=O) groups is 1. The van der Waals surface area contributed by atoms with E-state index >= 15 is 0 Å². The van der Waals surface area contributed by atoms with Crippen molar-refractivity contribution in [3.05, 3.63) is 108 Å². The maximum atomic E-state index is 12.5. The van der Waals surface area contributed by atoms with Gasteiger partial charge in [0.2, 0.25) is 0 Å². The number of benzene rings is 2. The van der Waals surface area contributed by atoms with Crippen molar-refractivity contribution in [1.82, 2.24) is 25.1 Å². The quantitative estimate of drug-likeness (QED) is 0.529. The van der Waals surface area contributed by atoms with Crippen LogP contribution in [0.25, 0.3) is 5.82 Å². The summed E-state index contributed by atoms with van der Waals surface area (Å²) in [6.45, 7) is 0.568. The number of carbonyl (C=O) groups excluding carboxylic acids is 1. The van der Waals surface area contributed by atoms with E-state index in [1.54, 1.807) is 29.3 Å². The molecule has 0 spiro atoms. The van der Waals surface area contributed by atoms with Crippen LogP contribution in [0.2, 0.25) is 0 Å². The van der Waals surface area contributed by atoms with Gasteiger partial charge in [-0.2, -0.15) is 5.10 Å². The highest BCUT2D eigenvalue weighted by Crippen LogP contribution is 2.27. The Bertz CT molecular complexity index is 992. The van der Waals surface area contributed by atoms with Crippen molar-refractivity contribution in [3.63, 3.8) is 0 Å². The van der Waals surface area contributed by atoms with E-state index in [-0.39, 0.29) is 11.8 Å². The first-order chi connectivity index (χ1) is 14.3. The van der Waals surface area contributed by atoms with Crippen LogP contribution in [0.5, 0.6) is 0 Å². The largest absolute Gasteiger partial charge is 0.352 e. The van der Waals surface area contributed by atoms with Crippen molar-refractivity contribution < 1.29 is 4.79 Å². The van der Waals surface area contributed by atoms with Crippen molar-refractivity contribution in [2.45, 2.75) is 12.3 Å². The summed E-state index contributed by atoms with van der Waals surface area (Å²) < 4.78 is 1.55. The van der Waals surface area contributed by atoms with Gasteiger partial charge in [-0.1, -0.05) is 60.7 Å². The first-order valence-corrected chi connectivity index (χ1v) is 9.50. The Morgan fingerprint density at radius 2 is 1.62 bits per heavy atom. The van der Waals surface area contributed by atoms with E-state index in [1.807, 2.05) is 36.4 Å². The normalized spacial score (nSPS) is 10.8. The zero-order valence-corrected chi connectivity index (χ0v) is 15.8. The lowest BCUT2D eigenvalue weighted by molar-refractivity contribution is 0.0952. The van der Waals surface area contributed by atoms with Gasteiger partial charge in [-0.05, 0) is 29.7 Å². The van der Waals surface area contributed by atoms with Gasteiger partial charge in [0.1, 0.15) is 12.7 Å². The summed E-state index contributed by atoms with van der Waals surface area (Å²) in [6, 6.07) is 24.2. The van der Waals surface area contributed by atoms with Gasteiger partial charge in [0.05, 0.1) is 5.56 Å². The maximum Gasteiger partial charge on any atom is 0.252 e. The fraction of sp³-hybridized carbons (Fsp3) is 0.130. The zero-order valence-electron chi connectivity index (χ0n) is 15.8. The number of hydrogen-bond acceptors (Lipinski definition) is 4. The average Bonchev–Trinajstić information content (AvgIpc) is 3.33. The number of hydrogen-bond donors (Lipinski definition) is 1. The molecule has 4 aromatic rings. The van der Waals surface area contributed by atoms with E-state index in [0.717, 1.165) is 6.42 Å². The molecule has 2 heterocycles. The molecule has 6 heteroatoms. The Balaban J connectivity index is 1.40. The molecule has 2 aromatic heterocycles. The third kappa shape index (κ3) is 4.55. The highest BCUT2D eigenvalue weighted by Gasteiger charge is 2.14. The van der Waals surface area contributed by atoms with Gasteiger partial charge in [0.25, 0.3) is 5.91 Å². The number of rotatable bonds is 7. The highest BCUT2D eigenvalue weighted by atomic mass is 16.1. The first-order valence-electron chi connectivity index (χ1n) is 9.50. The summed E-state index contributed by atoms with van der Waals surface area (Å²) in [5.41, 5.74) is 3.00. The third-order valence-corrected chi connectivity index (χ3v) is 4.79. The molecular formula is C23H21N5O. The van der Waals surface area contributed by atoms with Crippen molar-refractivity contribution in [1.29, 1.82) is 0 Å². The molecule has 1 amide bonds. The van der Waals surface area contributed by atoms with Crippen molar-refractivity contribution in [3.8, 4) is 5.82 Å². The van der Waals surface area contributed by atoms with E-state index < -0.39 is 0 Å². The molecule has 1 N–H and O–H groups in total. The summed E-state index contributed by atoms with van der Waals surface area (Å²) in [6.07, 6.45) is 5.37. The lowest BCUT2D eigenvalue weighted by Crippen LogP contribution is -2.26. The van der Waals surface area contributed by atoms with Gasteiger partial charge in [-0.3, -0.25) is 4.79 Å². The maximum absolute atomic E-state index is 12.5. The molecule has 0 atom stereocenters. The van der Waals surface area contributed by atoms with E-state index in [9.17, 15) is 4.79 Å². The van der Waals surface area contributed by atoms with Crippen molar-refractivity contribution >= 4 is 5.91 Å². The minimum atomic E-state index is -0.137. The fourth-order valence-corrected chi connectivity index (χ4v) is 3.31. The van der Waals surface area contributed by atoms with Gasteiger partial charge in [0, 0.05) is 18.7 Å². The number of nitrogens with zero attached hydrogens (tertiary/aromatic N) is 4. The molecule has 0 saturated carbocycles. The van der Waals surface area contributed by atoms with E-state index in [2.05, 4.69) is 44.6 Å². The number of amides is 1. The second-order valence-corrected chi connectivity index (χ2v) is 6.66. The molecule has 29 heavy (non-hydrogen) atoms. The predicted octanol–water partition coefficient (Wildman–Crippen LogP) is 3.61. The van der Waals surface area contributed by atoms with Crippen LogP contribution in [0.3, 0.4) is 0 Å². The van der Waals surface area contributed by atoms with Gasteiger partial charge in [0.15, 0.2) is 5.82 Å². The van der Waals surface area contributed by atoms with Gasteiger partial charge < -0.3 is 5.32 Å². The molecule has 6 nitrogen and oxygen atoms in total. The topological polar surface area (TPSA) is 72.7 Å². The van der Waals surface area contributed by atoms with Gasteiger partial charge in [-0.25, -0.2) is 14.6 Å². The Hall–Kier alpha value is -3.80. The molecule has 144 valence electrons. The lowest BCUT2D eigenvalue weighted by atomic mass is 9.88. The molecule has 2 aromatic carbocycles. The smallest absolute Gasteiger partial charge is 0.252 e. The number of nitrogens with one attached hydrogen (secondary N) is 1. The standard InChI is InChI=1S/C23H21N5O/c29-23(20-11-12-22(26-15-20)28-17-24-16-27-28)25-14-13-21(18-7-3-1-4-8-18)19-9-5-2-6-10-19/h1-12,15-17,21H,13-14H2,(H,25,29). The van der Waals surface area contributed by atoms with Crippen LogP contribution in [0, 0.1) is 0 Å². The molecule has 0 radical (unpaired) electrons. The Morgan fingerprint density at radius 1 is 0.931 bits per heavy atom. The summed E-state index contributed by atoms with van der Waals surface area (Å²) in [5, 5.41) is 7.04. The zero-order chi connectivity index (χ0) is 19.9. The number of pyridine rings is 1. The molecule has 0 aliphatic rings. The lowest BCUT2D eigenvalue weighted by Gasteiger charge is -2.18. The summed E-state index contributed by atoms with van der Waals surface area (Å²) in [4.78, 5) is 20.7. The molecule has 0 aliphatic heterocycles. The second kappa shape index (κ2) is 8.93. The summed E-state index contributed by atoms with van der Waals surface area (Å²) in [7, 11) is 0. The molecule has 0 aliphatic carbocycles. The van der Waals surface area contributed by atoms with E-state index in [1.165, 1.54) is 17.5 Å². The Morgan fingerprint density at radius 3 is 2.17 bits per heavy atom. The minimum Gasteiger partial charge on any atom is -0.352 e. The summed E-state index contributed by atoms with van der Waals surface area (Å²) >= 11 is 0. The van der Waals surface area contributed by atoms with Crippen LogP contribution in [0.1, 0.15) is 33.8 Å². The summed E-state index contributed by atoms with van der Waals surface area (Å²) in [5.74, 6) is 0.709. The SMILES string of the molecule is O=C(NCCC(c1ccccc1)c1ccccc1)c1ccc(-n2cncn2)nc1. The molecule has 0 fully saturated rings. The molecule has 0 unspecified atom stereocenters. The highest BCUT2D eigenvalue weighted by molar-refractivity contribution is 5.93. The first kappa shape index (κ1) is 18.6. The van der Waals surface area contributed by atoms with Crippen LogP contribution >= 0.6 is 0 Å². The fourth-order valence-electron chi connectivity index (χ4n) is 3.31. The van der Waals surface area contributed by atoms with Crippen LogP contribution in [0.15, 0.2) is 91.6 Å². The molecule has 0 bridgehead atoms. The second-order valence-electron chi connectivity index (χ2n) is 6.66. The van der Waals surface area contributed by atoms with Crippen molar-refractivity contribution in [2.24, 2.45) is 0 Å². The van der Waals surface area contributed by atoms with Gasteiger partial charge >= 0.3 is 0 Å². The third-order valence-electron chi connectivity index (χ3n) is 4.79. The Labute approximate surface area is 169 Å². The van der Waals surface area contributed by atoms with Crippen LogP contribution in [-0.2, 0) is 0 Å². The predicted molar refractivity (Wildman–Crippen MR) is 111 cm³/mol. The molecular weight excluding hydrogens is 362 g/mol. The minimum absolute atomic E-state index is 0.137. The van der Waals surface area contributed by atoms with Crippen LogP contribution in [-0.4, -0.2) is 32.2 Å². The Kier molecular flexibility index (Phi) is 5.71. The average molecular weight is 383 g/mol. The monoisotopic (exact) mass is 383 g/mol. The van der Waals surface area contributed by atoms with E-state index in [0.29, 0.717) is 17.9 Å². The molecule has 0 saturated heterocycles. The van der Waals surface area contributed by atoms with Gasteiger partial charge in [-0.15, -0.1) is 0 Å². The number of aromatic nitrogens is 4. The van der Waals surface area contributed by atoms with E-state index in [4.69, 9.17) is 0 Å². The van der Waals surface area contributed by atoms with Crippen LogP contribution in [0.4, 0.5) is 0 Å². The molecule has 4 rings (SSSR count). The van der Waals surface area contributed by atoms with Crippen LogP contribution < -0.4 is 5.32 Å². The van der Waals surface area contributed by atoms with Crippen molar-refractivity contribution in [2.75, 3.05) is 6.54 Å².